The SMILES string of the molecule is CNc1ncc(C)c(Oc2ncn(-c3ccccc3)n2)n1. The van der Waals surface area contributed by atoms with E-state index in [9.17, 15) is 0 Å². The van der Waals surface area contributed by atoms with Crippen molar-refractivity contribution in [3.63, 3.8) is 0 Å². The predicted molar refractivity (Wildman–Crippen MR) is 77.7 cm³/mol. The maximum absolute atomic E-state index is 5.62. The summed E-state index contributed by atoms with van der Waals surface area (Å²) in [5, 5.41) is 7.14. The molecule has 2 aromatic heterocycles. The first kappa shape index (κ1) is 13.0. The van der Waals surface area contributed by atoms with Gasteiger partial charge in [-0.15, -0.1) is 5.10 Å². The van der Waals surface area contributed by atoms with E-state index in [0.29, 0.717) is 11.8 Å². The van der Waals surface area contributed by atoms with Gasteiger partial charge >= 0.3 is 6.01 Å². The van der Waals surface area contributed by atoms with Gasteiger partial charge in [0.25, 0.3) is 0 Å². The molecule has 0 aliphatic rings. The summed E-state index contributed by atoms with van der Waals surface area (Å²) in [6.07, 6.45) is 3.28. The lowest BCUT2D eigenvalue weighted by Gasteiger charge is -2.05. The summed E-state index contributed by atoms with van der Waals surface area (Å²) in [5.41, 5.74) is 1.72. The van der Waals surface area contributed by atoms with Crippen LogP contribution in [0.2, 0.25) is 0 Å². The largest absolute Gasteiger partial charge is 0.404 e. The summed E-state index contributed by atoms with van der Waals surface area (Å²) in [6.45, 7) is 1.86. The minimum absolute atomic E-state index is 0.239. The molecule has 0 aliphatic heterocycles. The van der Waals surface area contributed by atoms with E-state index in [2.05, 4.69) is 25.4 Å². The lowest BCUT2D eigenvalue weighted by Crippen LogP contribution is -2.00. The Balaban J connectivity index is 1.85. The van der Waals surface area contributed by atoms with Crippen molar-refractivity contribution in [2.24, 2.45) is 0 Å². The molecule has 0 amide bonds. The highest BCUT2D eigenvalue weighted by molar-refractivity contribution is 5.33. The zero-order chi connectivity index (χ0) is 14.7. The number of para-hydroxylation sites is 1. The Hall–Kier alpha value is -2.96. The van der Waals surface area contributed by atoms with Gasteiger partial charge in [-0.05, 0) is 19.1 Å². The Bertz CT molecular complexity index is 740. The number of nitrogens with one attached hydrogen (secondary N) is 1. The van der Waals surface area contributed by atoms with Crippen molar-refractivity contribution in [3.05, 3.63) is 48.4 Å². The number of nitrogens with zero attached hydrogens (tertiary/aromatic N) is 5. The zero-order valence-electron chi connectivity index (χ0n) is 11.7. The van der Waals surface area contributed by atoms with Gasteiger partial charge in [0, 0.05) is 18.8 Å². The number of aryl methyl sites for hydroxylation is 1. The van der Waals surface area contributed by atoms with Crippen LogP contribution in [0, 0.1) is 6.92 Å². The van der Waals surface area contributed by atoms with Gasteiger partial charge in [-0.3, -0.25) is 0 Å². The molecule has 1 N–H and O–H groups in total. The Morgan fingerprint density at radius 1 is 1.14 bits per heavy atom. The van der Waals surface area contributed by atoms with Crippen molar-refractivity contribution in [2.75, 3.05) is 12.4 Å². The monoisotopic (exact) mass is 282 g/mol. The predicted octanol–water partition coefficient (Wildman–Crippen LogP) is 2.20. The summed E-state index contributed by atoms with van der Waals surface area (Å²) < 4.78 is 7.26. The topological polar surface area (TPSA) is 77.8 Å². The third kappa shape index (κ3) is 2.81. The molecule has 1 aromatic carbocycles. The lowest BCUT2D eigenvalue weighted by molar-refractivity contribution is 0.421. The summed E-state index contributed by atoms with van der Waals surface area (Å²) >= 11 is 0. The number of aromatic nitrogens is 5. The van der Waals surface area contributed by atoms with Crippen molar-refractivity contribution >= 4 is 5.95 Å². The van der Waals surface area contributed by atoms with Gasteiger partial charge in [0.05, 0.1) is 5.69 Å². The number of ether oxygens (including phenoxy) is 1. The van der Waals surface area contributed by atoms with E-state index in [1.165, 1.54) is 0 Å². The van der Waals surface area contributed by atoms with Crippen LogP contribution in [0.15, 0.2) is 42.9 Å². The Kier molecular flexibility index (Phi) is 3.46. The Morgan fingerprint density at radius 2 is 1.95 bits per heavy atom. The van der Waals surface area contributed by atoms with Crippen LogP contribution in [-0.4, -0.2) is 31.8 Å². The highest BCUT2D eigenvalue weighted by Gasteiger charge is 2.09. The number of hydrogen-bond donors (Lipinski definition) is 1. The fraction of sp³-hybridized carbons (Fsp3) is 0.143. The van der Waals surface area contributed by atoms with Crippen LogP contribution in [0.25, 0.3) is 5.69 Å². The van der Waals surface area contributed by atoms with Gasteiger partial charge in [0.1, 0.15) is 6.33 Å². The normalized spacial score (nSPS) is 10.4. The van der Waals surface area contributed by atoms with Crippen molar-refractivity contribution < 1.29 is 4.74 Å². The molecule has 0 aliphatic carbocycles. The number of anilines is 1. The molecule has 0 bridgehead atoms. The van der Waals surface area contributed by atoms with Crippen LogP contribution < -0.4 is 10.1 Å². The molecule has 106 valence electrons. The second kappa shape index (κ2) is 5.58. The maximum atomic E-state index is 5.62. The molecule has 0 unspecified atom stereocenters. The molecule has 0 saturated heterocycles. The van der Waals surface area contributed by atoms with Crippen LogP contribution in [0.3, 0.4) is 0 Å². The molecule has 0 saturated carbocycles. The zero-order valence-corrected chi connectivity index (χ0v) is 11.7. The first-order valence-corrected chi connectivity index (χ1v) is 6.42. The number of benzene rings is 1. The molecule has 2 heterocycles. The number of rotatable bonds is 4. The first-order valence-electron chi connectivity index (χ1n) is 6.42. The summed E-state index contributed by atoms with van der Waals surface area (Å²) in [6, 6.07) is 9.93. The minimum atomic E-state index is 0.239. The second-order valence-electron chi connectivity index (χ2n) is 4.34. The Labute approximate surface area is 121 Å². The van der Waals surface area contributed by atoms with Crippen LogP contribution in [0.5, 0.6) is 11.9 Å². The fourth-order valence-electron chi connectivity index (χ4n) is 1.74. The van der Waals surface area contributed by atoms with Crippen LogP contribution in [0.1, 0.15) is 5.56 Å². The highest BCUT2D eigenvalue weighted by atomic mass is 16.5. The van der Waals surface area contributed by atoms with Crippen LogP contribution in [0.4, 0.5) is 5.95 Å². The smallest absolute Gasteiger partial charge is 0.342 e. The second-order valence-corrected chi connectivity index (χ2v) is 4.34. The third-order valence-corrected chi connectivity index (χ3v) is 2.83. The molecule has 0 radical (unpaired) electrons. The van der Waals surface area contributed by atoms with Crippen LogP contribution in [-0.2, 0) is 0 Å². The first-order chi connectivity index (χ1) is 10.3. The molecule has 7 nitrogen and oxygen atoms in total. The molecule has 3 aromatic rings. The van der Waals surface area contributed by atoms with Gasteiger partial charge in [-0.2, -0.15) is 9.97 Å². The van der Waals surface area contributed by atoms with Gasteiger partial charge < -0.3 is 10.1 Å². The Morgan fingerprint density at radius 3 is 2.71 bits per heavy atom. The van der Waals surface area contributed by atoms with E-state index in [0.717, 1.165) is 11.3 Å². The highest BCUT2D eigenvalue weighted by Crippen LogP contribution is 2.20. The molecular weight excluding hydrogens is 268 g/mol. The molecule has 0 fully saturated rings. The average Bonchev–Trinajstić information content (AvgIpc) is 2.99. The van der Waals surface area contributed by atoms with E-state index in [1.54, 1.807) is 24.3 Å². The molecule has 0 atom stereocenters. The molecule has 7 heteroatoms. The molecular formula is C14H14N6O. The lowest BCUT2D eigenvalue weighted by atomic mass is 10.3. The molecule has 21 heavy (non-hydrogen) atoms. The fourth-order valence-corrected chi connectivity index (χ4v) is 1.74. The summed E-state index contributed by atoms with van der Waals surface area (Å²) in [7, 11) is 1.75. The average molecular weight is 282 g/mol. The number of hydrogen-bond acceptors (Lipinski definition) is 6. The minimum Gasteiger partial charge on any atom is -0.404 e. The van der Waals surface area contributed by atoms with E-state index < -0.39 is 0 Å². The van der Waals surface area contributed by atoms with Gasteiger partial charge in [0.15, 0.2) is 0 Å². The molecule has 0 spiro atoms. The van der Waals surface area contributed by atoms with E-state index in [1.807, 2.05) is 37.3 Å². The summed E-state index contributed by atoms with van der Waals surface area (Å²) in [5.74, 6) is 0.915. The maximum Gasteiger partial charge on any atom is 0.342 e. The molecule has 3 rings (SSSR count). The third-order valence-electron chi connectivity index (χ3n) is 2.83. The van der Waals surface area contributed by atoms with Crippen molar-refractivity contribution in [1.29, 1.82) is 0 Å². The summed E-state index contributed by atoms with van der Waals surface area (Å²) in [4.78, 5) is 12.5. The van der Waals surface area contributed by atoms with Crippen LogP contribution >= 0.6 is 0 Å². The van der Waals surface area contributed by atoms with Crippen molar-refractivity contribution in [2.45, 2.75) is 6.92 Å². The van der Waals surface area contributed by atoms with Crippen molar-refractivity contribution in [3.8, 4) is 17.6 Å². The van der Waals surface area contributed by atoms with Gasteiger partial charge in [-0.25, -0.2) is 9.67 Å². The van der Waals surface area contributed by atoms with Gasteiger partial charge in [0.2, 0.25) is 11.8 Å². The van der Waals surface area contributed by atoms with E-state index in [-0.39, 0.29) is 6.01 Å². The van der Waals surface area contributed by atoms with E-state index in [4.69, 9.17) is 4.74 Å². The quantitative estimate of drug-likeness (QED) is 0.790. The standard InChI is InChI=1S/C14H14N6O/c1-10-8-16-13(15-2)18-12(10)21-14-17-9-20(19-14)11-6-4-3-5-7-11/h3-9H,1-2H3,(H,15,16,18). The van der Waals surface area contributed by atoms with Crippen molar-refractivity contribution in [1.82, 2.24) is 24.7 Å². The van der Waals surface area contributed by atoms with E-state index >= 15 is 0 Å². The van der Waals surface area contributed by atoms with Gasteiger partial charge in [-0.1, -0.05) is 18.2 Å².